The summed E-state index contributed by atoms with van der Waals surface area (Å²) in [5, 5.41) is 6.01. The summed E-state index contributed by atoms with van der Waals surface area (Å²) in [5.74, 6) is 0.0421. The molecule has 0 aromatic carbocycles. The molecule has 2 N–H and O–H groups in total. The van der Waals surface area contributed by atoms with E-state index >= 15 is 0 Å². The average Bonchev–Trinajstić information content (AvgIpc) is 2.53. The first kappa shape index (κ1) is 15.7. The zero-order chi connectivity index (χ0) is 11.3. The minimum absolute atomic E-state index is 0. The molecule has 0 aromatic heterocycles. The van der Waals surface area contributed by atoms with Crippen LogP contribution in [0.2, 0.25) is 0 Å². The van der Waals surface area contributed by atoms with Crippen LogP contribution in [-0.2, 0) is 9.53 Å². The van der Waals surface area contributed by atoms with Gasteiger partial charge in [0.25, 0.3) is 0 Å². The van der Waals surface area contributed by atoms with Crippen LogP contribution in [0.5, 0.6) is 0 Å². The molecular weight excluding hydrogens is 228 g/mol. The van der Waals surface area contributed by atoms with Gasteiger partial charge in [0.05, 0.1) is 12.6 Å². The molecule has 0 aromatic rings. The van der Waals surface area contributed by atoms with Crippen molar-refractivity contribution >= 4 is 18.3 Å². The molecule has 1 fully saturated rings. The minimum atomic E-state index is -0.150. The van der Waals surface area contributed by atoms with Crippen LogP contribution in [0.1, 0.15) is 33.6 Å². The predicted octanol–water partition coefficient (Wildman–Crippen LogP) is 1.09. The number of halogens is 1. The van der Waals surface area contributed by atoms with Crippen molar-refractivity contribution in [3.8, 4) is 0 Å². The molecule has 0 radical (unpaired) electrons. The Hall–Kier alpha value is -0.320. The molecule has 0 saturated carbocycles. The van der Waals surface area contributed by atoms with Crippen molar-refractivity contribution in [2.45, 2.75) is 45.3 Å². The van der Waals surface area contributed by atoms with E-state index in [1.807, 2.05) is 20.8 Å². The third-order valence-corrected chi connectivity index (χ3v) is 2.20. The number of hydrogen-bond donors (Lipinski definition) is 2. The number of amides is 1. The van der Waals surface area contributed by atoms with E-state index in [-0.39, 0.29) is 23.9 Å². The van der Waals surface area contributed by atoms with Crippen LogP contribution in [0.25, 0.3) is 0 Å². The average molecular weight is 251 g/mol. The zero-order valence-corrected chi connectivity index (χ0v) is 11.2. The van der Waals surface area contributed by atoms with Gasteiger partial charge >= 0.3 is 0 Å². The Kier molecular flexibility index (Phi) is 6.95. The molecule has 4 nitrogen and oxygen atoms in total. The highest BCUT2D eigenvalue weighted by Gasteiger charge is 2.16. The third-order valence-electron chi connectivity index (χ3n) is 2.20. The van der Waals surface area contributed by atoms with Gasteiger partial charge in [-0.2, -0.15) is 0 Å². The monoisotopic (exact) mass is 250 g/mol. The SMILES string of the molecule is CC(C)(C)NC(=O)CNCC1CCCO1.Cl. The maximum atomic E-state index is 11.4. The van der Waals surface area contributed by atoms with E-state index in [0.29, 0.717) is 12.6 Å². The van der Waals surface area contributed by atoms with E-state index in [9.17, 15) is 4.79 Å². The van der Waals surface area contributed by atoms with E-state index in [0.717, 1.165) is 26.0 Å². The standard InChI is InChI=1S/C11H22N2O2.ClH/c1-11(2,3)13-10(14)8-12-7-9-5-4-6-15-9;/h9,12H,4-8H2,1-3H3,(H,13,14);1H. The Labute approximate surface area is 104 Å². The molecule has 1 amide bonds. The van der Waals surface area contributed by atoms with Crippen LogP contribution in [-0.4, -0.2) is 37.2 Å². The van der Waals surface area contributed by atoms with Gasteiger partial charge in [-0.25, -0.2) is 0 Å². The van der Waals surface area contributed by atoms with E-state index in [2.05, 4.69) is 10.6 Å². The van der Waals surface area contributed by atoms with E-state index in [1.54, 1.807) is 0 Å². The summed E-state index contributed by atoms with van der Waals surface area (Å²) in [6.07, 6.45) is 2.54. The molecule has 1 aliphatic heterocycles. The molecule has 1 unspecified atom stereocenters. The van der Waals surface area contributed by atoms with Crippen molar-refractivity contribution in [3.05, 3.63) is 0 Å². The summed E-state index contributed by atoms with van der Waals surface area (Å²) >= 11 is 0. The molecule has 5 heteroatoms. The van der Waals surface area contributed by atoms with Crippen LogP contribution in [0.4, 0.5) is 0 Å². The normalized spacial score (nSPS) is 20.3. The van der Waals surface area contributed by atoms with Crippen molar-refractivity contribution in [1.29, 1.82) is 0 Å². The highest BCUT2D eigenvalue weighted by Crippen LogP contribution is 2.10. The van der Waals surface area contributed by atoms with E-state index in [1.165, 1.54) is 0 Å². The van der Waals surface area contributed by atoms with Crippen molar-refractivity contribution in [1.82, 2.24) is 10.6 Å². The van der Waals surface area contributed by atoms with Crippen molar-refractivity contribution in [2.75, 3.05) is 19.7 Å². The second-order valence-electron chi connectivity index (χ2n) is 5.06. The van der Waals surface area contributed by atoms with Crippen molar-refractivity contribution < 1.29 is 9.53 Å². The smallest absolute Gasteiger partial charge is 0.234 e. The van der Waals surface area contributed by atoms with Crippen LogP contribution < -0.4 is 10.6 Å². The fraction of sp³-hybridized carbons (Fsp3) is 0.909. The first-order chi connectivity index (χ1) is 6.97. The van der Waals surface area contributed by atoms with E-state index in [4.69, 9.17) is 4.74 Å². The Balaban J connectivity index is 0.00000225. The van der Waals surface area contributed by atoms with Crippen LogP contribution in [0, 0.1) is 0 Å². The predicted molar refractivity (Wildman–Crippen MR) is 67.0 cm³/mol. The summed E-state index contributed by atoms with van der Waals surface area (Å²) in [4.78, 5) is 11.4. The summed E-state index contributed by atoms with van der Waals surface area (Å²) < 4.78 is 5.44. The van der Waals surface area contributed by atoms with Crippen LogP contribution in [0.3, 0.4) is 0 Å². The van der Waals surface area contributed by atoms with Crippen molar-refractivity contribution in [2.24, 2.45) is 0 Å². The Morgan fingerprint density at radius 2 is 2.12 bits per heavy atom. The fourth-order valence-electron chi connectivity index (χ4n) is 1.61. The Morgan fingerprint density at radius 3 is 2.62 bits per heavy atom. The van der Waals surface area contributed by atoms with E-state index < -0.39 is 0 Å². The maximum absolute atomic E-state index is 11.4. The minimum Gasteiger partial charge on any atom is -0.377 e. The molecule has 1 saturated heterocycles. The first-order valence-electron chi connectivity index (χ1n) is 5.61. The lowest BCUT2D eigenvalue weighted by molar-refractivity contribution is -0.121. The lowest BCUT2D eigenvalue weighted by Crippen LogP contribution is -2.45. The zero-order valence-electron chi connectivity index (χ0n) is 10.3. The lowest BCUT2D eigenvalue weighted by atomic mass is 10.1. The number of nitrogens with one attached hydrogen (secondary N) is 2. The number of hydrogen-bond acceptors (Lipinski definition) is 3. The molecule has 16 heavy (non-hydrogen) atoms. The molecule has 1 atom stereocenters. The highest BCUT2D eigenvalue weighted by atomic mass is 35.5. The lowest BCUT2D eigenvalue weighted by Gasteiger charge is -2.20. The van der Waals surface area contributed by atoms with Crippen LogP contribution in [0.15, 0.2) is 0 Å². The third kappa shape index (κ3) is 7.04. The van der Waals surface area contributed by atoms with Gasteiger partial charge in [0, 0.05) is 18.7 Å². The van der Waals surface area contributed by atoms with Gasteiger partial charge in [0.1, 0.15) is 0 Å². The molecule has 96 valence electrons. The second-order valence-corrected chi connectivity index (χ2v) is 5.06. The molecule has 1 heterocycles. The molecule has 0 bridgehead atoms. The van der Waals surface area contributed by atoms with Gasteiger partial charge in [-0.1, -0.05) is 0 Å². The number of rotatable bonds is 4. The van der Waals surface area contributed by atoms with Gasteiger partial charge in [-0.05, 0) is 33.6 Å². The second kappa shape index (κ2) is 7.09. The summed E-state index contributed by atoms with van der Waals surface area (Å²) in [5.41, 5.74) is -0.150. The number of ether oxygens (including phenoxy) is 1. The van der Waals surface area contributed by atoms with Gasteiger partial charge in [-0.15, -0.1) is 12.4 Å². The molecule has 1 aliphatic rings. The number of carbonyl (C=O) groups excluding carboxylic acids is 1. The summed E-state index contributed by atoms with van der Waals surface area (Å²) in [7, 11) is 0. The Morgan fingerprint density at radius 1 is 1.44 bits per heavy atom. The summed E-state index contributed by atoms with van der Waals surface area (Å²) in [6.45, 7) is 7.94. The van der Waals surface area contributed by atoms with Gasteiger partial charge < -0.3 is 15.4 Å². The Bertz CT molecular complexity index is 211. The first-order valence-corrected chi connectivity index (χ1v) is 5.61. The largest absolute Gasteiger partial charge is 0.377 e. The summed E-state index contributed by atoms with van der Waals surface area (Å²) in [6, 6.07) is 0. The van der Waals surface area contributed by atoms with Gasteiger partial charge in [0.2, 0.25) is 5.91 Å². The molecule has 0 aliphatic carbocycles. The van der Waals surface area contributed by atoms with Gasteiger partial charge in [0.15, 0.2) is 0 Å². The topological polar surface area (TPSA) is 50.4 Å². The highest BCUT2D eigenvalue weighted by molar-refractivity contribution is 5.85. The maximum Gasteiger partial charge on any atom is 0.234 e. The van der Waals surface area contributed by atoms with Gasteiger partial charge in [-0.3, -0.25) is 4.79 Å². The quantitative estimate of drug-likeness (QED) is 0.786. The molecule has 1 rings (SSSR count). The molecule has 0 spiro atoms. The van der Waals surface area contributed by atoms with Crippen LogP contribution >= 0.6 is 12.4 Å². The van der Waals surface area contributed by atoms with Crippen molar-refractivity contribution in [3.63, 3.8) is 0 Å². The number of carbonyl (C=O) groups is 1. The molecular formula is C11H23ClN2O2. The fourth-order valence-corrected chi connectivity index (χ4v) is 1.61.